The van der Waals surface area contributed by atoms with Crippen molar-refractivity contribution in [1.82, 2.24) is 9.55 Å². The molecule has 8 heteroatoms. The van der Waals surface area contributed by atoms with Gasteiger partial charge in [0.25, 0.3) is 5.91 Å². The molecule has 0 aliphatic rings. The predicted octanol–water partition coefficient (Wildman–Crippen LogP) is 4.31. The molecule has 134 valence electrons. The van der Waals surface area contributed by atoms with Gasteiger partial charge in [-0.25, -0.2) is 13.8 Å². The summed E-state index contributed by atoms with van der Waals surface area (Å²) in [6.45, 7) is 0. The lowest BCUT2D eigenvalue weighted by molar-refractivity contribution is 0.102. The van der Waals surface area contributed by atoms with E-state index in [0.29, 0.717) is 16.9 Å². The third-order valence-electron chi connectivity index (χ3n) is 3.66. The maximum atomic E-state index is 14.0. The van der Waals surface area contributed by atoms with Crippen LogP contribution in [0.2, 0.25) is 0 Å². The Hall–Kier alpha value is -2.87. The van der Waals surface area contributed by atoms with E-state index >= 15 is 0 Å². The van der Waals surface area contributed by atoms with E-state index in [2.05, 4.69) is 15.0 Å². The molecule has 1 aromatic carbocycles. The number of hydrogen-bond donors (Lipinski definition) is 2. The average molecular weight is 374 g/mol. The molecule has 0 saturated carbocycles. The van der Waals surface area contributed by atoms with Crippen LogP contribution in [0.3, 0.4) is 0 Å². The van der Waals surface area contributed by atoms with Gasteiger partial charge in [0, 0.05) is 36.9 Å². The Bertz CT molecular complexity index is 958. The number of carbonyl (C=O) groups is 1. The van der Waals surface area contributed by atoms with Crippen LogP contribution in [-0.2, 0) is 7.05 Å². The number of anilines is 2. The lowest BCUT2D eigenvalue weighted by atomic mass is 10.2. The zero-order valence-electron chi connectivity index (χ0n) is 14.1. The lowest BCUT2D eigenvalue weighted by Gasteiger charge is -2.07. The van der Waals surface area contributed by atoms with Crippen LogP contribution in [0.1, 0.15) is 10.4 Å². The van der Waals surface area contributed by atoms with Gasteiger partial charge in [-0.1, -0.05) is 18.0 Å². The van der Waals surface area contributed by atoms with E-state index in [9.17, 15) is 13.6 Å². The largest absolute Gasteiger partial charge is 0.348 e. The number of benzene rings is 1. The molecule has 26 heavy (non-hydrogen) atoms. The van der Waals surface area contributed by atoms with Crippen molar-refractivity contribution < 1.29 is 13.6 Å². The van der Waals surface area contributed by atoms with Gasteiger partial charge >= 0.3 is 0 Å². The van der Waals surface area contributed by atoms with E-state index in [4.69, 9.17) is 0 Å². The van der Waals surface area contributed by atoms with Gasteiger partial charge in [-0.2, -0.15) is 0 Å². The molecule has 3 rings (SSSR count). The zero-order chi connectivity index (χ0) is 18.7. The molecule has 0 unspecified atom stereocenters. The Kier molecular flexibility index (Phi) is 5.22. The van der Waals surface area contributed by atoms with E-state index in [1.807, 2.05) is 18.4 Å². The minimum absolute atomic E-state index is 0.0147. The lowest BCUT2D eigenvalue weighted by Crippen LogP contribution is -2.11. The van der Waals surface area contributed by atoms with Gasteiger partial charge in [-0.3, -0.25) is 4.79 Å². The third-order valence-corrected chi connectivity index (χ3v) is 4.10. The molecule has 0 radical (unpaired) electrons. The second-order valence-electron chi connectivity index (χ2n) is 5.55. The standard InChI is InChI=1S/C18H16F2N4OS/c1-24-10-11(6-16(24)17-15(20)7-12(19)9-21-17)18(25)22-13-4-3-5-14(8-13)23-26-2/h3-10,23H,1-2H3,(H,22,25). The molecule has 0 aliphatic carbocycles. The topological polar surface area (TPSA) is 58.9 Å². The van der Waals surface area contributed by atoms with Crippen molar-refractivity contribution >= 4 is 29.2 Å². The maximum Gasteiger partial charge on any atom is 0.257 e. The molecule has 0 atom stereocenters. The monoisotopic (exact) mass is 374 g/mol. The van der Waals surface area contributed by atoms with E-state index in [1.165, 1.54) is 18.0 Å². The summed E-state index contributed by atoms with van der Waals surface area (Å²) in [5.74, 6) is -1.87. The molecule has 0 bridgehead atoms. The highest BCUT2D eigenvalue weighted by atomic mass is 32.2. The van der Waals surface area contributed by atoms with Crippen LogP contribution in [0.4, 0.5) is 20.2 Å². The molecular formula is C18H16F2N4OS. The highest BCUT2D eigenvalue weighted by molar-refractivity contribution is 7.99. The van der Waals surface area contributed by atoms with Crippen molar-refractivity contribution in [3.8, 4) is 11.4 Å². The maximum absolute atomic E-state index is 14.0. The summed E-state index contributed by atoms with van der Waals surface area (Å²) in [5.41, 5.74) is 2.20. The number of rotatable bonds is 5. The summed E-state index contributed by atoms with van der Waals surface area (Å²) in [4.78, 5) is 16.3. The molecule has 2 aromatic heterocycles. The Morgan fingerprint density at radius 3 is 2.69 bits per heavy atom. The first kappa shape index (κ1) is 17.9. The summed E-state index contributed by atoms with van der Waals surface area (Å²) < 4.78 is 31.7. The SMILES string of the molecule is CSNc1cccc(NC(=O)c2cc(-c3ncc(F)cc3F)n(C)c2)c1. The van der Waals surface area contributed by atoms with Crippen molar-refractivity contribution in [3.05, 3.63) is 66.0 Å². The molecule has 0 spiro atoms. The van der Waals surface area contributed by atoms with Gasteiger partial charge < -0.3 is 14.6 Å². The quantitative estimate of drug-likeness (QED) is 0.654. The second-order valence-corrected chi connectivity index (χ2v) is 6.16. The number of pyridine rings is 1. The fraction of sp³-hybridized carbons (Fsp3) is 0.111. The van der Waals surface area contributed by atoms with Crippen LogP contribution in [0.15, 0.2) is 48.8 Å². The van der Waals surface area contributed by atoms with Gasteiger partial charge in [0.1, 0.15) is 11.5 Å². The normalized spacial score (nSPS) is 10.6. The molecule has 0 aliphatic heterocycles. The first-order valence-electron chi connectivity index (χ1n) is 7.66. The smallest absolute Gasteiger partial charge is 0.257 e. The van der Waals surface area contributed by atoms with E-state index < -0.39 is 11.6 Å². The van der Waals surface area contributed by atoms with Crippen molar-refractivity contribution in [2.75, 3.05) is 16.3 Å². The number of aromatic nitrogens is 2. The molecule has 1 amide bonds. The van der Waals surface area contributed by atoms with E-state index in [-0.39, 0.29) is 11.6 Å². The molecule has 2 heterocycles. The van der Waals surface area contributed by atoms with Gasteiger partial charge in [0.05, 0.1) is 17.5 Å². The highest BCUT2D eigenvalue weighted by Crippen LogP contribution is 2.24. The van der Waals surface area contributed by atoms with Crippen LogP contribution >= 0.6 is 11.9 Å². The van der Waals surface area contributed by atoms with Gasteiger partial charge in [-0.15, -0.1) is 0 Å². The van der Waals surface area contributed by atoms with Gasteiger partial charge in [0.2, 0.25) is 0 Å². The summed E-state index contributed by atoms with van der Waals surface area (Å²) >= 11 is 1.45. The van der Waals surface area contributed by atoms with Crippen molar-refractivity contribution in [2.24, 2.45) is 7.05 Å². The van der Waals surface area contributed by atoms with E-state index in [1.54, 1.807) is 29.9 Å². The van der Waals surface area contributed by atoms with Crippen LogP contribution in [0.5, 0.6) is 0 Å². The van der Waals surface area contributed by atoms with Crippen molar-refractivity contribution in [1.29, 1.82) is 0 Å². The van der Waals surface area contributed by atoms with Crippen LogP contribution in [-0.4, -0.2) is 21.7 Å². The minimum atomic E-state index is -0.783. The molecule has 0 saturated heterocycles. The number of halogens is 2. The Labute approximate surface area is 153 Å². The fourth-order valence-electron chi connectivity index (χ4n) is 2.51. The Balaban J connectivity index is 1.84. The third kappa shape index (κ3) is 3.85. The van der Waals surface area contributed by atoms with E-state index in [0.717, 1.165) is 18.0 Å². The number of nitrogens with one attached hydrogen (secondary N) is 2. The van der Waals surface area contributed by atoms with Crippen molar-refractivity contribution in [3.63, 3.8) is 0 Å². The van der Waals surface area contributed by atoms with Crippen LogP contribution in [0, 0.1) is 11.6 Å². The molecule has 3 aromatic rings. The Morgan fingerprint density at radius 1 is 1.19 bits per heavy atom. The van der Waals surface area contributed by atoms with Gasteiger partial charge in [-0.05, 0) is 24.3 Å². The number of amides is 1. The summed E-state index contributed by atoms with van der Waals surface area (Å²) in [7, 11) is 1.67. The molecule has 2 N–H and O–H groups in total. The average Bonchev–Trinajstić information content (AvgIpc) is 2.97. The summed E-state index contributed by atoms with van der Waals surface area (Å²) in [6, 6.07) is 9.56. The zero-order valence-corrected chi connectivity index (χ0v) is 14.9. The predicted molar refractivity (Wildman–Crippen MR) is 100 cm³/mol. The minimum Gasteiger partial charge on any atom is -0.348 e. The van der Waals surface area contributed by atoms with Crippen molar-refractivity contribution in [2.45, 2.75) is 0 Å². The number of aryl methyl sites for hydroxylation is 1. The number of hydrogen-bond acceptors (Lipinski definition) is 4. The first-order chi connectivity index (χ1) is 12.5. The number of carbonyl (C=O) groups excluding carboxylic acids is 1. The van der Waals surface area contributed by atoms with Gasteiger partial charge in [0.15, 0.2) is 5.82 Å². The molecule has 0 fully saturated rings. The number of nitrogens with zero attached hydrogens (tertiary/aromatic N) is 2. The van der Waals surface area contributed by atoms with Crippen LogP contribution in [0.25, 0.3) is 11.4 Å². The highest BCUT2D eigenvalue weighted by Gasteiger charge is 2.16. The second kappa shape index (κ2) is 7.57. The molecular weight excluding hydrogens is 358 g/mol. The fourth-order valence-corrected chi connectivity index (χ4v) is 2.87. The van der Waals surface area contributed by atoms with Crippen LogP contribution < -0.4 is 10.0 Å². The summed E-state index contributed by atoms with van der Waals surface area (Å²) in [6.07, 6.45) is 4.41. The Morgan fingerprint density at radius 2 is 1.96 bits per heavy atom. The molecule has 5 nitrogen and oxygen atoms in total. The first-order valence-corrected chi connectivity index (χ1v) is 8.88. The summed E-state index contributed by atoms with van der Waals surface area (Å²) in [5, 5.41) is 2.80.